The van der Waals surface area contributed by atoms with Gasteiger partial charge in [0.15, 0.2) is 0 Å². The molecular formula is C24H25N2PS. The lowest BCUT2D eigenvalue weighted by atomic mass is 9.91. The van der Waals surface area contributed by atoms with Gasteiger partial charge >= 0.3 is 0 Å². The van der Waals surface area contributed by atoms with Gasteiger partial charge in [-0.05, 0) is 47.0 Å². The van der Waals surface area contributed by atoms with E-state index in [-0.39, 0.29) is 0 Å². The van der Waals surface area contributed by atoms with Gasteiger partial charge in [0.2, 0.25) is 0 Å². The van der Waals surface area contributed by atoms with Crippen molar-refractivity contribution in [1.82, 2.24) is 0 Å². The molecule has 4 rings (SSSR count). The molecule has 0 atom stereocenters. The van der Waals surface area contributed by atoms with Crippen molar-refractivity contribution in [3.8, 4) is 11.1 Å². The van der Waals surface area contributed by atoms with Crippen LogP contribution >= 0.6 is 6.19 Å². The second kappa shape index (κ2) is 7.24. The Balaban J connectivity index is 2.20. The van der Waals surface area contributed by atoms with Crippen LogP contribution in [0.4, 0.5) is 11.4 Å². The first-order valence-electron chi connectivity index (χ1n) is 9.42. The number of nitrogens with zero attached hydrogens (tertiary/aromatic N) is 1. The lowest BCUT2D eigenvalue weighted by Crippen LogP contribution is -2.13. The maximum atomic E-state index is 5.90. The number of hydrogen-bond donors (Lipinski definition) is 1. The Bertz CT molecular complexity index is 1230. The Morgan fingerprint density at radius 3 is 1.86 bits per heavy atom. The van der Waals surface area contributed by atoms with Gasteiger partial charge in [-0.3, -0.25) is 0 Å². The maximum Gasteiger partial charge on any atom is 0.0488 e. The van der Waals surface area contributed by atoms with Crippen LogP contribution in [0.25, 0.3) is 32.7 Å². The second-order valence-electron chi connectivity index (χ2n) is 7.46. The maximum absolute atomic E-state index is 5.90. The number of nitrogens with one attached hydrogen (secondary N) is 1. The van der Waals surface area contributed by atoms with Crippen LogP contribution in [-0.2, 0) is 11.8 Å². The van der Waals surface area contributed by atoms with Gasteiger partial charge in [0.1, 0.15) is 0 Å². The normalized spacial score (nSPS) is 11.7. The van der Waals surface area contributed by atoms with E-state index in [1.54, 1.807) is 0 Å². The summed E-state index contributed by atoms with van der Waals surface area (Å²) in [6.07, 6.45) is -1.64. The molecule has 0 aliphatic carbocycles. The highest BCUT2D eigenvalue weighted by molar-refractivity contribution is 8.14. The molecule has 0 saturated heterocycles. The molecule has 0 bridgehead atoms. The van der Waals surface area contributed by atoms with Crippen molar-refractivity contribution in [2.45, 2.75) is 0 Å². The number of anilines is 2. The van der Waals surface area contributed by atoms with Crippen LogP contribution < -0.4 is 9.99 Å². The fourth-order valence-electron chi connectivity index (χ4n) is 3.80. The van der Waals surface area contributed by atoms with E-state index in [0.29, 0.717) is 0 Å². The van der Waals surface area contributed by atoms with Crippen molar-refractivity contribution in [2.75, 3.05) is 37.4 Å². The van der Waals surface area contributed by atoms with Gasteiger partial charge < -0.3 is 9.99 Å². The van der Waals surface area contributed by atoms with Crippen LogP contribution in [0.15, 0.2) is 72.8 Å². The van der Waals surface area contributed by atoms with Crippen molar-refractivity contribution in [3.05, 3.63) is 72.8 Å². The fraction of sp³-hybridized carbons (Fsp3) is 0.167. The minimum atomic E-state index is -1.64. The van der Waals surface area contributed by atoms with E-state index in [9.17, 15) is 0 Å². The van der Waals surface area contributed by atoms with Gasteiger partial charge in [-0.15, -0.1) is 0 Å². The SMILES string of the molecule is CNc1ccc2ccccc2c1-c1c(N(C)P(C)(C)=S)ccc2ccccc12. The molecule has 0 amide bonds. The highest BCUT2D eigenvalue weighted by Crippen LogP contribution is 2.51. The lowest BCUT2D eigenvalue weighted by molar-refractivity contribution is 1.34. The largest absolute Gasteiger partial charge is 0.388 e. The van der Waals surface area contributed by atoms with E-state index in [0.717, 1.165) is 5.69 Å². The van der Waals surface area contributed by atoms with Gasteiger partial charge in [0.25, 0.3) is 0 Å². The van der Waals surface area contributed by atoms with Crippen molar-refractivity contribution >= 4 is 50.9 Å². The first-order chi connectivity index (χ1) is 13.4. The van der Waals surface area contributed by atoms with Gasteiger partial charge in [0.05, 0.1) is 0 Å². The van der Waals surface area contributed by atoms with Gasteiger partial charge in [-0.1, -0.05) is 72.5 Å². The molecule has 0 aromatic heterocycles. The molecular weight excluding hydrogens is 379 g/mol. The van der Waals surface area contributed by atoms with Crippen LogP contribution in [0.1, 0.15) is 0 Å². The summed E-state index contributed by atoms with van der Waals surface area (Å²) < 4.78 is 2.31. The summed E-state index contributed by atoms with van der Waals surface area (Å²) in [5.74, 6) is 0. The Kier molecular flexibility index (Phi) is 4.91. The quantitative estimate of drug-likeness (QED) is 0.377. The zero-order valence-electron chi connectivity index (χ0n) is 16.7. The predicted molar refractivity (Wildman–Crippen MR) is 131 cm³/mol. The minimum Gasteiger partial charge on any atom is -0.388 e. The standard InChI is InChI=1S/C24H25N2PS/c1-25-21-15-13-17-9-5-7-11-19(17)23(21)24-20-12-8-6-10-18(20)14-16-22(24)26(2)27(3,4)28/h5-16,25H,1-4H3. The highest BCUT2D eigenvalue weighted by atomic mass is 32.4. The predicted octanol–water partition coefficient (Wildman–Crippen LogP) is 6.79. The third-order valence-electron chi connectivity index (χ3n) is 5.43. The molecule has 1 N–H and O–H groups in total. The van der Waals surface area contributed by atoms with Crippen LogP contribution in [-0.4, -0.2) is 27.4 Å². The van der Waals surface area contributed by atoms with Gasteiger partial charge in [-0.2, -0.15) is 0 Å². The van der Waals surface area contributed by atoms with Crippen LogP contribution in [0.5, 0.6) is 0 Å². The fourth-order valence-corrected chi connectivity index (χ4v) is 4.75. The zero-order valence-corrected chi connectivity index (χ0v) is 18.4. The van der Waals surface area contributed by atoms with Gasteiger partial charge in [-0.25, -0.2) is 0 Å². The van der Waals surface area contributed by atoms with Crippen LogP contribution in [0.3, 0.4) is 0 Å². The van der Waals surface area contributed by atoms with E-state index in [2.05, 4.69) is 103 Å². The van der Waals surface area contributed by atoms with Crippen molar-refractivity contribution < 1.29 is 0 Å². The average molecular weight is 405 g/mol. The van der Waals surface area contributed by atoms with Gasteiger partial charge in [0, 0.05) is 42.8 Å². The number of hydrogen-bond acceptors (Lipinski definition) is 2. The average Bonchev–Trinajstić information content (AvgIpc) is 2.71. The first kappa shape index (κ1) is 19.0. The summed E-state index contributed by atoms with van der Waals surface area (Å²) in [6, 6.07) is 26.0. The summed E-state index contributed by atoms with van der Waals surface area (Å²) in [6.45, 7) is 4.37. The zero-order chi connectivity index (χ0) is 19.9. The molecule has 0 spiro atoms. The molecule has 28 heavy (non-hydrogen) atoms. The molecule has 0 aliphatic heterocycles. The smallest absolute Gasteiger partial charge is 0.0488 e. The molecule has 4 heteroatoms. The molecule has 4 aromatic carbocycles. The number of benzene rings is 4. The molecule has 4 aromatic rings. The Morgan fingerprint density at radius 2 is 1.29 bits per heavy atom. The molecule has 142 valence electrons. The molecule has 0 radical (unpaired) electrons. The number of rotatable bonds is 4. The molecule has 0 fully saturated rings. The van der Waals surface area contributed by atoms with E-state index < -0.39 is 6.19 Å². The Labute approximate surface area is 172 Å². The summed E-state index contributed by atoms with van der Waals surface area (Å²) in [7, 11) is 4.13. The first-order valence-corrected chi connectivity index (χ1v) is 13.1. The summed E-state index contributed by atoms with van der Waals surface area (Å²) >= 11 is 5.90. The van der Waals surface area contributed by atoms with Crippen molar-refractivity contribution in [2.24, 2.45) is 0 Å². The summed E-state index contributed by atoms with van der Waals surface area (Å²) in [5, 5.41) is 8.41. The molecule has 0 aliphatic rings. The highest BCUT2D eigenvalue weighted by Gasteiger charge is 2.21. The molecule has 0 heterocycles. The van der Waals surface area contributed by atoms with E-state index >= 15 is 0 Å². The van der Waals surface area contributed by atoms with E-state index in [1.807, 2.05) is 7.05 Å². The monoisotopic (exact) mass is 404 g/mol. The molecule has 0 saturated carbocycles. The van der Waals surface area contributed by atoms with Crippen LogP contribution in [0.2, 0.25) is 0 Å². The van der Waals surface area contributed by atoms with E-state index in [1.165, 1.54) is 38.4 Å². The minimum absolute atomic E-state index is 1.13. The van der Waals surface area contributed by atoms with E-state index in [4.69, 9.17) is 11.8 Å². The number of fused-ring (bicyclic) bond motifs is 2. The van der Waals surface area contributed by atoms with Crippen molar-refractivity contribution in [1.29, 1.82) is 0 Å². The molecule has 0 unspecified atom stereocenters. The molecule has 2 nitrogen and oxygen atoms in total. The summed E-state index contributed by atoms with van der Waals surface area (Å²) in [5.41, 5.74) is 4.81. The van der Waals surface area contributed by atoms with Crippen LogP contribution in [0, 0.1) is 0 Å². The Hall–Kier alpha value is -2.35. The summed E-state index contributed by atoms with van der Waals surface area (Å²) in [4.78, 5) is 0. The Morgan fingerprint density at radius 1 is 0.750 bits per heavy atom. The third-order valence-corrected chi connectivity index (χ3v) is 7.82. The second-order valence-corrected chi connectivity index (χ2v) is 13.3. The topological polar surface area (TPSA) is 15.3 Å². The van der Waals surface area contributed by atoms with Crippen molar-refractivity contribution in [3.63, 3.8) is 0 Å². The lowest BCUT2D eigenvalue weighted by Gasteiger charge is -2.31. The third kappa shape index (κ3) is 3.19.